The minimum Gasteiger partial charge on any atom is -0.508 e. The average Bonchev–Trinajstić information content (AvgIpc) is 2.74. The molecule has 0 fully saturated rings. The summed E-state index contributed by atoms with van der Waals surface area (Å²) in [6.07, 6.45) is 0. The van der Waals surface area contributed by atoms with E-state index in [1.54, 1.807) is 24.3 Å². The second kappa shape index (κ2) is 6.02. The number of ketones is 2. The summed E-state index contributed by atoms with van der Waals surface area (Å²) in [6.45, 7) is 0. The Morgan fingerprint density at radius 1 is 0.900 bits per heavy atom. The fourth-order valence-corrected chi connectivity index (χ4v) is 3.85. The van der Waals surface area contributed by atoms with Gasteiger partial charge in [0.05, 0.1) is 11.1 Å². The number of carbonyl (C=O) groups excluding carboxylic acids is 2. The molecule has 8 nitrogen and oxygen atoms in total. The molecule has 1 aliphatic rings. The molecule has 0 unspecified atom stereocenters. The van der Waals surface area contributed by atoms with Gasteiger partial charge >= 0.3 is 0 Å². The molecular formula is C22H13N3O5. The Hall–Kier alpha value is -4.46. The number of phenols is 1. The number of hydrogen-bond acceptors (Lipinski definition) is 7. The predicted molar refractivity (Wildman–Crippen MR) is 111 cm³/mol. The van der Waals surface area contributed by atoms with Crippen LogP contribution in [0.3, 0.4) is 0 Å². The van der Waals surface area contributed by atoms with Crippen LogP contribution in [0.5, 0.6) is 11.6 Å². The molecule has 0 saturated heterocycles. The van der Waals surface area contributed by atoms with E-state index in [-0.39, 0.29) is 33.5 Å². The van der Waals surface area contributed by atoms with Gasteiger partial charge < -0.3 is 15.5 Å². The Bertz CT molecular complexity index is 1550. The van der Waals surface area contributed by atoms with Gasteiger partial charge in [0.25, 0.3) is 17.1 Å². The Labute approximate surface area is 167 Å². The largest absolute Gasteiger partial charge is 0.508 e. The van der Waals surface area contributed by atoms with Crippen molar-refractivity contribution >= 4 is 50.2 Å². The van der Waals surface area contributed by atoms with Crippen LogP contribution in [-0.4, -0.2) is 32.5 Å². The summed E-state index contributed by atoms with van der Waals surface area (Å²) in [5.41, 5.74) is -0.721. The lowest BCUT2D eigenvalue weighted by Crippen LogP contribution is -2.41. The van der Waals surface area contributed by atoms with E-state index in [9.17, 15) is 24.6 Å². The minimum atomic E-state index is -0.989. The van der Waals surface area contributed by atoms with Crippen molar-refractivity contribution in [2.24, 2.45) is 0 Å². The highest BCUT2D eigenvalue weighted by Gasteiger charge is 2.33. The number of rotatable bonds is 2. The lowest BCUT2D eigenvalue weighted by Gasteiger charge is -2.19. The number of pyridine rings is 1. The normalized spacial score (nSPS) is 13.9. The minimum absolute atomic E-state index is 0.0231. The Balaban J connectivity index is 2.00. The van der Waals surface area contributed by atoms with Gasteiger partial charge in [-0.15, -0.1) is 0 Å². The standard InChI is InChI=1S/C22H13N3O5/c23-17-13-8-9-2-1-3-12-14(9)16(22(30)25-21(12)29)15(13)18(20(28)19(17)27)24-10-4-6-11(26)7-5-10/h1-8,23-24,26H,(H2,25,29,30). The van der Waals surface area contributed by atoms with Gasteiger partial charge in [0.1, 0.15) is 11.5 Å². The third-order valence-electron chi connectivity index (χ3n) is 5.20. The highest BCUT2D eigenvalue weighted by atomic mass is 16.3. The van der Waals surface area contributed by atoms with Crippen molar-refractivity contribution in [3.63, 3.8) is 0 Å². The number of carbonyl (C=O) groups is 2. The predicted octanol–water partition coefficient (Wildman–Crippen LogP) is 1.55. The molecule has 0 aliphatic heterocycles. The molecule has 0 spiro atoms. The Morgan fingerprint density at radius 2 is 1.63 bits per heavy atom. The van der Waals surface area contributed by atoms with Gasteiger partial charge in [0.2, 0.25) is 0 Å². The molecule has 0 bridgehead atoms. The maximum absolute atomic E-state index is 12.9. The number of aromatic amines is 1. The average molecular weight is 399 g/mol. The molecule has 1 heterocycles. The highest BCUT2D eigenvalue weighted by molar-refractivity contribution is 6.76. The van der Waals surface area contributed by atoms with Gasteiger partial charge in [-0.1, -0.05) is 12.1 Å². The number of anilines is 1. The van der Waals surface area contributed by atoms with Crippen LogP contribution >= 0.6 is 0 Å². The summed E-state index contributed by atoms with van der Waals surface area (Å²) in [6, 6.07) is 12.4. The van der Waals surface area contributed by atoms with Crippen molar-refractivity contribution < 1.29 is 19.8 Å². The summed E-state index contributed by atoms with van der Waals surface area (Å²) in [5, 5.41) is 32.3. The zero-order valence-corrected chi connectivity index (χ0v) is 15.2. The Kier molecular flexibility index (Phi) is 3.54. The lowest BCUT2D eigenvalue weighted by atomic mass is 9.87. The molecule has 8 heteroatoms. The van der Waals surface area contributed by atoms with Crippen LogP contribution in [0.4, 0.5) is 5.69 Å². The van der Waals surface area contributed by atoms with Crippen LogP contribution in [0, 0.1) is 5.41 Å². The van der Waals surface area contributed by atoms with Crippen molar-refractivity contribution in [2.75, 3.05) is 5.32 Å². The van der Waals surface area contributed by atoms with Crippen molar-refractivity contribution in [1.29, 1.82) is 5.41 Å². The second-order valence-electron chi connectivity index (χ2n) is 6.96. The number of hydrogen-bond donors (Lipinski definition) is 5. The summed E-state index contributed by atoms with van der Waals surface area (Å²) in [4.78, 5) is 40.5. The fourth-order valence-electron chi connectivity index (χ4n) is 3.85. The monoisotopic (exact) mass is 399 g/mol. The number of nitrogens with one attached hydrogen (secondary N) is 3. The van der Waals surface area contributed by atoms with Gasteiger partial charge in [-0.2, -0.15) is 0 Å². The van der Waals surface area contributed by atoms with E-state index in [1.807, 2.05) is 0 Å². The van der Waals surface area contributed by atoms with Gasteiger partial charge in [0.15, 0.2) is 5.88 Å². The maximum atomic E-state index is 12.9. The molecule has 0 radical (unpaired) electrons. The van der Waals surface area contributed by atoms with E-state index >= 15 is 0 Å². The van der Waals surface area contributed by atoms with Crippen LogP contribution in [0.25, 0.3) is 27.2 Å². The fraction of sp³-hybridized carbons (Fsp3) is 0. The maximum Gasteiger partial charge on any atom is 0.259 e. The molecule has 1 aromatic heterocycles. The number of aromatic nitrogens is 1. The van der Waals surface area contributed by atoms with Crippen molar-refractivity contribution in [3.8, 4) is 11.6 Å². The van der Waals surface area contributed by atoms with Crippen molar-refractivity contribution in [1.82, 2.24) is 4.98 Å². The van der Waals surface area contributed by atoms with Gasteiger partial charge in [-0.25, -0.2) is 0 Å². The molecular weight excluding hydrogens is 386 g/mol. The Morgan fingerprint density at radius 3 is 2.37 bits per heavy atom. The highest BCUT2D eigenvalue weighted by Crippen LogP contribution is 2.30. The summed E-state index contributed by atoms with van der Waals surface area (Å²) >= 11 is 0. The topological polar surface area (TPSA) is 143 Å². The molecule has 0 amide bonds. The smallest absolute Gasteiger partial charge is 0.259 e. The van der Waals surface area contributed by atoms with E-state index in [0.29, 0.717) is 21.8 Å². The number of fused-ring (bicyclic) bond motifs is 2. The molecule has 30 heavy (non-hydrogen) atoms. The van der Waals surface area contributed by atoms with Crippen LogP contribution in [0.1, 0.15) is 5.56 Å². The zero-order valence-electron chi connectivity index (χ0n) is 15.2. The van der Waals surface area contributed by atoms with E-state index in [0.717, 1.165) is 0 Å². The zero-order chi connectivity index (χ0) is 21.2. The molecule has 0 atom stereocenters. The first-order chi connectivity index (χ1) is 14.4. The number of aromatic hydroxyl groups is 2. The number of Topliss-reactive ketones (excluding diaryl/α,β-unsaturated/α-hetero) is 2. The third kappa shape index (κ3) is 2.34. The van der Waals surface area contributed by atoms with Crippen LogP contribution in [-0.2, 0) is 9.59 Å². The number of H-pyrrole nitrogens is 1. The molecule has 5 N–H and O–H groups in total. The lowest BCUT2D eigenvalue weighted by molar-refractivity contribution is -0.129. The van der Waals surface area contributed by atoms with E-state index in [4.69, 9.17) is 5.41 Å². The molecule has 0 saturated carbocycles. The number of benzene rings is 3. The molecule has 5 rings (SSSR count). The van der Waals surface area contributed by atoms with Crippen LogP contribution < -0.4 is 16.1 Å². The first-order valence-corrected chi connectivity index (χ1v) is 8.95. The van der Waals surface area contributed by atoms with Gasteiger partial charge in [-0.3, -0.25) is 24.8 Å². The number of phenolic OH excluding ortho intramolecular Hbond substituents is 1. The molecule has 4 aromatic rings. The van der Waals surface area contributed by atoms with Gasteiger partial charge in [-0.05, 0) is 41.8 Å². The van der Waals surface area contributed by atoms with E-state index in [2.05, 4.69) is 10.3 Å². The third-order valence-corrected chi connectivity index (χ3v) is 5.20. The van der Waals surface area contributed by atoms with Crippen LogP contribution in [0.2, 0.25) is 0 Å². The van der Waals surface area contributed by atoms with Crippen molar-refractivity contribution in [2.45, 2.75) is 0 Å². The molecule has 3 aromatic carbocycles. The summed E-state index contributed by atoms with van der Waals surface area (Å²) < 4.78 is 0. The first kappa shape index (κ1) is 17.6. The summed E-state index contributed by atoms with van der Waals surface area (Å²) in [7, 11) is 0. The van der Waals surface area contributed by atoms with Crippen LogP contribution in [0.15, 0.2) is 53.3 Å². The quantitative estimate of drug-likeness (QED) is 0.256. The van der Waals surface area contributed by atoms with Gasteiger partial charge in [0, 0.05) is 27.2 Å². The molecule has 146 valence electrons. The van der Waals surface area contributed by atoms with E-state index in [1.165, 1.54) is 24.3 Å². The molecule has 1 aliphatic carbocycles. The summed E-state index contributed by atoms with van der Waals surface area (Å²) in [5.74, 6) is -2.22. The second-order valence-corrected chi connectivity index (χ2v) is 6.96. The van der Waals surface area contributed by atoms with E-state index < -0.39 is 22.8 Å². The first-order valence-electron chi connectivity index (χ1n) is 8.95. The van der Waals surface area contributed by atoms with Crippen molar-refractivity contribution in [3.05, 3.63) is 69.7 Å². The SMILES string of the molecule is N=C1C(=O)C(=O)C(Nc2ccc(O)cc2)=c2c1cc1cccc3c(O)[nH]c(=O)c2c13.